The van der Waals surface area contributed by atoms with Gasteiger partial charge in [-0.3, -0.25) is 0 Å². The van der Waals surface area contributed by atoms with Crippen molar-refractivity contribution in [1.29, 1.82) is 0 Å². The number of para-hydroxylation sites is 1. The van der Waals surface area contributed by atoms with Crippen LogP contribution in [0.1, 0.15) is 0 Å². The molecule has 0 saturated heterocycles. The second-order valence-corrected chi connectivity index (χ2v) is 5.76. The molecule has 19 heavy (non-hydrogen) atoms. The largest absolute Gasteiger partial charge is 0.454 e. The summed E-state index contributed by atoms with van der Waals surface area (Å²) in [6.07, 6.45) is 0. The molecular weight excluding hydrogens is 324 g/mol. The van der Waals surface area contributed by atoms with Crippen LogP contribution in [0.25, 0.3) is 32.7 Å². The summed E-state index contributed by atoms with van der Waals surface area (Å²) in [7, 11) is 0. The standard InChI is InChI=1S/C16H8BrClO/c17-12-8-14-15(10-5-2-1-4-9(10)12)11-6-3-7-13(18)16(11)19-14/h1-8H. The predicted octanol–water partition coefficient (Wildman–Crippen LogP) is 6.16. The molecular formula is C16H8BrClO. The maximum Gasteiger partial charge on any atom is 0.154 e. The van der Waals surface area contributed by atoms with Gasteiger partial charge >= 0.3 is 0 Å². The van der Waals surface area contributed by atoms with Gasteiger partial charge in [-0.2, -0.15) is 0 Å². The van der Waals surface area contributed by atoms with Crippen LogP contribution in [-0.4, -0.2) is 0 Å². The fraction of sp³-hybridized carbons (Fsp3) is 0. The lowest BCUT2D eigenvalue weighted by atomic mass is 10.0. The number of benzene rings is 3. The summed E-state index contributed by atoms with van der Waals surface area (Å²) in [6, 6.07) is 16.1. The summed E-state index contributed by atoms with van der Waals surface area (Å²) in [5.41, 5.74) is 1.61. The van der Waals surface area contributed by atoms with E-state index >= 15 is 0 Å². The van der Waals surface area contributed by atoms with Gasteiger partial charge in [0, 0.05) is 15.2 Å². The van der Waals surface area contributed by atoms with E-state index in [1.165, 1.54) is 10.8 Å². The molecule has 0 amide bonds. The lowest BCUT2D eigenvalue weighted by Gasteiger charge is -2.01. The van der Waals surface area contributed by atoms with E-state index in [2.05, 4.69) is 28.1 Å². The number of hydrogen-bond donors (Lipinski definition) is 0. The van der Waals surface area contributed by atoms with Crippen LogP contribution < -0.4 is 0 Å². The third-order valence-electron chi connectivity index (χ3n) is 3.41. The molecule has 4 rings (SSSR count). The Bertz CT molecular complexity index is 940. The highest BCUT2D eigenvalue weighted by Crippen LogP contribution is 2.39. The zero-order chi connectivity index (χ0) is 13.0. The number of fused-ring (bicyclic) bond motifs is 5. The zero-order valence-electron chi connectivity index (χ0n) is 9.78. The van der Waals surface area contributed by atoms with Crippen molar-refractivity contribution >= 4 is 60.2 Å². The normalized spacial score (nSPS) is 11.7. The maximum absolute atomic E-state index is 6.21. The monoisotopic (exact) mass is 330 g/mol. The molecule has 3 heteroatoms. The van der Waals surface area contributed by atoms with E-state index in [1.54, 1.807) is 0 Å². The zero-order valence-corrected chi connectivity index (χ0v) is 12.1. The van der Waals surface area contributed by atoms with E-state index in [4.69, 9.17) is 16.0 Å². The average molecular weight is 332 g/mol. The first-order chi connectivity index (χ1) is 9.25. The van der Waals surface area contributed by atoms with Gasteiger partial charge < -0.3 is 4.42 Å². The second kappa shape index (κ2) is 3.99. The minimum Gasteiger partial charge on any atom is -0.454 e. The minimum absolute atomic E-state index is 0.647. The molecule has 0 aliphatic carbocycles. The Balaban J connectivity index is 2.38. The van der Waals surface area contributed by atoms with E-state index in [0.717, 1.165) is 26.4 Å². The highest BCUT2D eigenvalue weighted by Gasteiger charge is 2.13. The van der Waals surface area contributed by atoms with Gasteiger partial charge in [0.25, 0.3) is 0 Å². The van der Waals surface area contributed by atoms with E-state index < -0.39 is 0 Å². The molecule has 0 radical (unpaired) electrons. The molecule has 0 spiro atoms. The Morgan fingerprint density at radius 3 is 2.47 bits per heavy atom. The molecule has 92 valence electrons. The highest BCUT2D eigenvalue weighted by atomic mass is 79.9. The Labute approximate surface area is 122 Å². The van der Waals surface area contributed by atoms with Gasteiger partial charge in [0.05, 0.1) is 5.02 Å². The predicted molar refractivity (Wildman–Crippen MR) is 83.9 cm³/mol. The molecule has 0 bridgehead atoms. The third kappa shape index (κ3) is 1.54. The summed E-state index contributed by atoms with van der Waals surface area (Å²) in [5, 5.41) is 5.18. The molecule has 1 aromatic heterocycles. The molecule has 0 unspecified atom stereocenters. The van der Waals surface area contributed by atoms with Gasteiger partial charge in [0.15, 0.2) is 5.58 Å². The van der Waals surface area contributed by atoms with Gasteiger partial charge in [0.1, 0.15) is 5.58 Å². The van der Waals surface area contributed by atoms with Crippen LogP contribution in [0.4, 0.5) is 0 Å². The fourth-order valence-corrected chi connectivity index (χ4v) is 3.35. The molecule has 1 nitrogen and oxygen atoms in total. The third-order valence-corrected chi connectivity index (χ3v) is 4.36. The topological polar surface area (TPSA) is 13.1 Å². The van der Waals surface area contributed by atoms with Crippen molar-refractivity contribution in [2.45, 2.75) is 0 Å². The number of rotatable bonds is 0. The minimum atomic E-state index is 0.647. The molecule has 0 aliphatic rings. The van der Waals surface area contributed by atoms with Gasteiger partial charge in [-0.05, 0) is 22.9 Å². The molecule has 0 aliphatic heterocycles. The maximum atomic E-state index is 6.21. The fourth-order valence-electron chi connectivity index (χ4n) is 2.58. The Morgan fingerprint density at radius 1 is 0.895 bits per heavy atom. The molecule has 1 heterocycles. The Hall–Kier alpha value is -1.51. The molecule has 3 aromatic carbocycles. The van der Waals surface area contributed by atoms with Crippen LogP contribution in [0.15, 0.2) is 57.4 Å². The first-order valence-corrected chi connectivity index (χ1v) is 7.11. The quantitative estimate of drug-likeness (QED) is 0.376. The van der Waals surface area contributed by atoms with Gasteiger partial charge in [0.2, 0.25) is 0 Å². The lowest BCUT2D eigenvalue weighted by Crippen LogP contribution is -1.76. The van der Waals surface area contributed by atoms with Crippen molar-refractivity contribution in [3.8, 4) is 0 Å². The van der Waals surface area contributed by atoms with E-state index in [9.17, 15) is 0 Å². The van der Waals surface area contributed by atoms with Crippen LogP contribution in [0, 0.1) is 0 Å². The highest BCUT2D eigenvalue weighted by molar-refractivity contribution is 9.10. The van der Waals surface area contributed by atoms with Crippen molar-refractivity contribution in [2.24, 2.45) is 0 Å². The Morgan fingerprint density at radius 2 is 1.63 bits per heavy atom. The van der Waals surface area contributed by atoms with Crippen molar-refractivity contribution in [2.75, 3.05) is 0 Å². The van der Waals surface area contributed by atoms with Crippen LogP contribution in [0.2, 0.25) is 5.02 Å². The van der Waals surface area contributed by atoms with Crippen molar-refractivity contribution in [3.05, 3.63) is 58.0 Å². The molecule has 4 aromatic rings. The van der Waals surface area contributed by atoms with Crippen molar-refractivity contribution in [3.63, 3.8) is 0 Å². The van der Waals surface area contributed by atoms with Crippen LogP contribution in [0.5, 0.6) is 0 Å². The Kier molecular flexibility index (Phi) is 2.38. The number of furan rings is 1. The van der Waals surface area contributed by atoms with Crippen LogP contribution >= 0.6 is 27.5 Å². The molecule has 0 fully saturated rings. The SMILES string of the molecule is Clc1cccc2c1oc1cc(Br)c3ccccc3c12. The summed E-state index contributed by atoms with van der Waals surface area (Å²) in [5.74, 6) is 0. The van der Waals surface area contributed by atoms with Gasteiger partial charge in [-0.1, -0.05) is 63.9 Å². The van der Waals surface area contributed by atoms with Crippen LogP contribution in [0.3, 0.4) is 0 Å². The first-order valence-electron chi connectivity index (χ1n) is 5.93. The van der Waals surface area contributed by atoms with Crippen LogP contribution in [-0.2, 0) is 0 Å². The van der Waals surface area contributed by atoms with Gasteiger partial charge in [-0.25, -0.2) is 0 Å². The van der Waals surface area contributed by atoms with E-state index in [-0.39, 0.29) is 0 Å². The average Bonchev–Trinajstić information content (AvgIpc) is 2.79. The van der Waals surface area contributed by atoms with Gasteiger partial charge in [-0.15, -0.1) is 0 Å². The van der Waals surface area contributed by atoms with E-state index in [1.807, 2.05) is 36.4 Å². The molecule has 0 N–H and O–H groups in total. The number of hydrogen-bond acceptors (Lipinski definition) is 1. The summed E-state index contributed by atoms with van der Waals surface area (Å²) in [6.45, 7) is 0. The molecule has 0 saturated carbocycles. The molecule has 0 atom stereocenters. The van der Waals surface area contributed by atoms with Crippen molar-refractivity contribution in [1.82, 2.24) is 0 Å². The lowest BCUT2D eigenvalue weighted by molar-refractivity contribution is 0.669. The summed E-state index contributed by atoms with van der Waals surface area (Å²) >= 11 is 9.81. The van der Waals surface area contributed by atoms with E-state index in [0.29, 0.717) is 5.02 Å². The summed E-state index contributed by atoms with van der Waals surface area (Å²) < 4.78 is 6.94. The van der Waals surface area contributed by atoms with Crippen molar-refractivity contribution < 1.29 is 4.42 Å². The summed E-state index contributed by atoms with van der Waals surface area (Å²) in [4.78, 5) is 0. The first kappa shape index (κ1) is 11.3. The second-order valence-electron chi connectivity index (χ2n) is 4.50. The smallest absolute Gasteiger partial charge is 0.154 e. The number of halogens is 2.